The maximum atomic E-state index is 5.69. The van der Waals surface area contributed by atoms with Crippen LogP contribution in [-0.2, 0) is 6.54 Å². The van der Waals surface area contributed by atoms with Gasteiger partial charge in [0.2, 0.25) is 0 Å². The highest BCUT2D eigenvalue weighted by Gasteiger charge is 1.97. The van der Waals surface area contributed by atoms with Gasteiger partial charge in [-0.05, 0) is 12.1 Å². The predicted molar refractivity (Wildman–Crippen MR) is 53.1 cm³/mol. The van der Waals surface area contributed by atoms with Crippen molar-refractivity contribution in [3.63, 3.8) is 0 Å². The van der Waals surface area contributed by atoms with Crippen molar-refractivity contribution >= 4 is 17.4 Å². The first-order valence-electron chi connectivity index (χ1n) is 4.09. The quantitative estimate of drug-likeness (QED) is 0.843. The molecule has 0 fully saturated rings. The average molecular weight is 210 g/mol. The molecule has 0 unspecified atom stereocenters. The summed E-state index contributed by atoms with van der Waals surface area (Å²) in [5.41, 5.74) is 0. The summed E-state index contributed by atoms with van der Waals surface area (Å²) in [5.74, 6) is 1.52. The molecule has 2 aromatic rings. The van der Waals surface area contributed by atoms with Crippen molar-refractivity contribution in [1.29, 1.82) is 0 Å². The van der Waals surface area contributed by atoms with Gasteiger partial charge < -0.3 is 9.84 Å². The molecular weight excluding hydrogens is 202 g/mol. The maximum Gasteiger partial charge on any atom is 0.155 e. The fourth-order valence-corrected chi connectivity index (χ4v) is 1.10. The lowest BCUT2D eigenvalue weighted by molar-refractivity contribution is 0.388. The van der Waals surface area contributed by atoms with Crippen molar-refractivity contribution in [3.8, 4) is 0 Å². The Morgan fingerprint density at radius 2 is 2.29 bits per heavy atom. The first-order valence-corrected chi connectivity index (χ1v) is 4.47. The van der Waals surface area contributed by atoms with Crippen LogP contribution in [0.1, 0.15) is 5.76 Å². The van der Waals surface area contributed by atoms with Crippen molar-refractivity contribution in [2.24, 2.45) is 0 Å². The molecular formula is C9H8ClN3O. The second-order valence-corrected chi connectivity index (χ2v) is 3.13. The van der Waals surface area contributed by atoms with Crippen LogP contribution in [-0.4, -0.2) is 10.1 Å². The Bertz CT molecular complexity index is 385. The second kappa shape index (κ2) is 4.11. The summed E-state index contributed by atoms with van der Waals surface area (Å²) in [6, 6.07) is 5.37. The van der Waals surface area contributed by atoms with Gasteiger partial charge in [0.1, 0.15) is 5.82 Å². The Hall–Kier alpha value is -1.55. The predicted octanol–water partition coefficient (Wildman–Crippen LogP) is 2.34. The summed E-state index contributed by atoms with van der Waals surface area (Å²) in [6.45, 7) is 0.564. The van der Waals surface area contributed by atoms with Gasteiger partial charge in [-0.15, -0.1) is 0 Å². The van der Waals surface area contributed by atoms with Crippen LogP contribution in [0.25, 0.3) is 0 Å². The minimum atomic E-state index is 0.564. The molecule has 0 saturated heterocycles. The number of aromatic nitrogens is 2. The van der Waals surface area contributed by atoms with Crippen molar-refractivity contribution in [2.45, 2.75) is 6.54 Å². The fourth-order valence-electron chi connectivity index (χ4n) is 0.991. The van der Waals surface area contributed by atoms with E-state index >= 15 is 0 Å². The number of pyridine rings is 1. The lowest BCUT2D eigenvalue weighted by atomic mass is 10.4. The molecule has 72 valence electrons. The third kappa shape index (κ3) is 2.23. The summed E-state index contributed by atoms with van der Waals surface area (Å²) < 4.78 is 4.91. The van der Waals surface area contributed by atoms with Gasteiger partial charge in [0, 0.05) is 12.3 Å². The lowest BCUT2D eigenvalue weighted by Crippen LogP contribution is -1.99. The van der Waals surface area contributed by atoms with Gasteiger partial charge in [0.15, 0.2) is 5.76 Å². The summed E-state index contributed by atoms with van der Waals surface area (Å²) in [5, 5.41) is 7.28. The molecule has 2 aromatic heterocycles. The van der Waals surface area contributed by atoms with Crippen LogP contribution in [0.4, 0.5) is 5.82 Å². The molecule has 0 amide bonds. The van der Waals surface area contributed by atoms with Crippen LogP contribution in [0.5, 0.6) is 0 Å². The number of hydrogen-bond acceptors (Lipinski definition) is 4. The highest BCUT2D eigenvalue weighted by atomic mass is 35.5. The van der Waals surface area contributed by atoms with Crippen LogP contribution >= 0.6 is 11.6 Å². The van der Waals surface area contributed by atoms with Gasteiger partial charge >= 0.3 is 0 Å². The van der Waals surface area contributed by atoms with E-state index in [-0.39, 0.29) is 0 Å². The first kappa shape index (κ1) is 9.02. The highest BCUT2D eigenvalue weighted by Crippen LogP contribution is 2.10. The van der Waals surface area contributed by atoms with Gasteiger partial charge in [-0.1, -0.05) is 16.8 Å². The molecule has 0 saturated carbocycles. The third-order valence-corrected chi connectivity index (χ3v) is 1.89. The minimum absolute atomic E-state index is 0.564. The van der Waals surface area contributed by atoms with Gasteiger partial charge in [0.05, 0.1) is 17.8 Å². The van der Waals surface area contributed by atoms with E-state index in [9.17, 15) is 0 Å². The van der Waals surface area contributed by atoms with E-state index in [0.29, 0.717) is 11.6 Å². The fraction of sp³-hybridized carbons (Fsp3) is 0.111. The summed E-state index contributed by atoms with van der Waals surface area (Å²) in [7, 11) is 0. The van der Waals surface area contributed by atoms with Crippen LogP contribution in [0, 0.1) is 0 Å². The van der Waals surface area contributed by atoms with Crippen LogP contribution < -0.4 is 5.32 Å². The molecule has 0 aromatic carbocycles. The smallest absolute Gasteiger partial charge is 0.155 e. The number of rotatable bonds is 3. The normalized spacial score (nSPS) is 10.1. The van der Waals surface area contributed by atoms with E-state index in [4.69, 9.17) is 16.1 Å². The van der Waals surface area contributed by atoms with Gasteiger partial charge in [-0.2, -0.15) is 0 Å². The molecule has 0 radical (unpaired) electrons. The van der Waals surface area contributed by atoms with Crippen LogP contribution in [0.15, 0.2) is 35.1 Å². The molecule has 4 nitrogen and oxygen atoms in total. The number of anilines is 1. The maximum absolute atomic E-state index is 5.69. The van der Waals surface area contributed by atoms with Crippen molar-refractivity contribution in [2.75, 3.05) is 5.32 Å². The van der Waals surface area contributed by atoms with E-state index < -0.39 is 0 Å². The molecule has 0 aliphatic carbocycles. The molecule has 14 heavy (non-hydrogen) atoms. The molecule has 5 heteroatoms. The standard InChI is InChI=1S/C9H8ClN3O/c10-7-1-2-9(11-5-7)12-6-8-3-4-13-14-8/h1-5H,6H2,(H,11,12). The molecule has 0 atom stereocenters. The molecule has 0 spiro atoms. The Kier molecular flexibility index (Phi) is 2.65. The number of hydrogen-bond donors (Lipinski definition) is 1. The summed E-state index contributed by atoms with van der Waals surface area (Å²) in [4.78, 5) is 4.07. The third-order valence-electron chi connectivity index (χ3n) is 1.66. The Morgan fingerprint density at radius 3 is 2.93 bits per heavy atom. The average Bonchev–Trinajstić information content (AvgIpc) is 2.70. The van der Waals surface area contributed by atoms with Gasteiger partial charge in [-0.25, -0.2) is 4.98 Å². The zero-order valence-corrected chi connectivity index (χ0v) is 8.03. The van der Waals surface area contributed by atoms with Crippen LogP contribution in [0.3, 0.4) is 0 Å². The molecule has 0 bridgehead atoms. The minimum Gasteiger partial charge on any atom is -0.363 e. The molecule has 0 aliphatic rings. The van der Waals surface area contributed by atoms with Crippen molar-refractivity contribution in [3.05, 3.63) is 41.4 Å². The van der Waals surface area contributed by atoms with E-state index in [1.165, 1.54) is 0 Å². The van der Waals surface area contributed by atoms with E-state index in [1.807, 2.05) is 0 Å². The van der Waals surface area contributed by atoms with Crippen molar-refractivity contribution < 1.29 is 4.52 Å². The molecule has 2 rings (SSSR count). The first-order chi connectivity index (χ1) is 6.84. The number of nitrogens with one attached hydrogen (secondary N) is 1. The monoisotopic (exact) mass is 209 g/mol. The van der Waals surface area contributed by atoms with Gasteiger partial charge in [-0.3, -0.25) is 0 Å². The van der Waals surface area contributed by atoms with Crippen LogP contribution in [0.2, 0.25) is 5.02 Å². The SMILES string of the molecule is Clc1ccc(NCc2ccno2)nc1. The zero-order chi connectivity index (χ0) is 9.80. The Balaban J connectivity index is 1.95. The summed E-state index contributed by atoms with van der Waals surface area (Å²) in [6.07, 6.45) is 3.19. The molecule has 1 N–H and O–H groups in total. The second-order valence-electron chi connectivity index (χ2n) is 2.69. The molecule has 2 heterocycles. The van der Waals surface area contributed by atoms with E-state index in [0.717, 1.165) is 11.6 Å². The Labute approximate surface area is 85.9 Å². The van der Waals surface area contributed by atoms with Crippen molar-refractivity contribution in [1.82, 2.24) is 10.1 Å². The number of nitrogens with zero attached hydrogens (tertiary/aromatic N) is 2. The topological polar surface area (TPSA) is 51.0 Å². The zero-order valence-electron chi connectivity index (χ0n) is 7.27. The molecule has 0 aliphatic heterocycles. The van der Waals surface area contributed by atoms with E-state index in [2.05, 4.69) is 15.5 Å². The van der Waals surface area contributed by atoms with E-state index in [1.54, 1.807) is 30.6 Å². The lowest BCUT2D eigenvalue weighted by Gasteiger charge is -2.01. The highest BCUT2D eigenvalue weighted by molar-refractivity contribution is 6.30. The Morgan fingerprint density at radius 1 is 1.36 bits per heavy atom. The largest absolute Gasteiger partial charge is 0.363 e. The summed E-state index contributed by atoms with van der Waals surface area (Å²) >= 11 is 5.69. The van der Waals surface area contributed by atoms with Gasteiger partial charge in [0.25, 0.3) is 0 Å². The number of halogens is 1.